The number of benzene rings is 2. The molecule has 3 rings (SSSR count). The highest BCUT2D eigenvalue weighted by Crippen LogP contribution is 2.26. The molecule has 1 amide bonds. The van der Waals surface area contributed by atoms with Gasteiger partial charge >= 0.3 is 0 Å². The molecule has 0 aromatic heterocycles. The first-order chi connectivity index (χ1) is 14.5. The Labute approximate surface area is 179 Å². The van der Waals surface area contributed by atoms with Crippen molar-refractivity contribution in [3.05, 3.63) is 60.2 Å². The average Bonchev–Trinajstić information content (AvgIpc) is 3.26. The van der Waals surface area contributed by atoms with E-state index in [0.717, 1.165) is 18.4 Å². The van der Waals surface area contributed by atoms with E-state index in [9.17, 15) is 13.2 Å². The highest BCUT2D eigenvalue weighted by atomic mass is 32.2. The lowest BCUT2D eigenvalue weighted by Crippen LogP contribution is -2.41. The van der Waals surface area contributed by atoms with Gasteiger partial charge in [-0.25, -0.2) is 8.42 Å². The number of carbonyl (C=O) groups is 1. The summed E-state index contributed by atoms with van der Waals surface area (Å²) in [4.78, 5) is 12.7. The van der Waals surface area contributed by atoms with E-state index in [1.54, 1.807) is 42.5 Å². The molecule has 7 heteroatoms. The number of nitrogens with zero attached hydrogens (tertiary/aromatic N) is 1. The monoisotopic (exact) mass is 430 g/mol. The number of ether oxygens (including phenoxy) is 1. The molecule has 1 saturated carbocycles. The van der Waals surface area contributed by atoms with E-state index in [1.165, 1.54) is 17.1 Å². The van der Waals surface area contributed by atoms with E-state index in [4.69, 9.17) is 4.74 Å². The topological polar surface area (TPSA) is 75.7 Å². The normalized spacial score (nSPS) is 14.6. The van der Waals surface area contributed by atoms with E-state index >= 15 is 0 Å². The Morgan fingerprint density at radius 3 is 2.43 bits per heavy atom. The van der Waals surface area contributed by atoms with Gasteiger partial charge in [0.25, 0.3) is 10.0 Å². The van der Waals surface area contributed by atoms with Crippen LogP contribution in [0.2, 0.25) is 0 Å². The molecule has 0 saturated heterocycles. The molecule has 0 atom stereocenters. The van der Waals surface area contributed by atoms with Crippen LogP contribution in [0.25, 0.3) is 0 Å². The van der Waals surface area contributed by atoms with Crippen LogP contribution in [0.4, 0.5) is 5.69 Å². The van der Waals surface area contributed by atoms with Crippen LogP contribution in [0.3, 0.4) is 0 Å². The molecule has 1 aliphatic carbocycles. The minimum Gasteiger partial charge on any atom is -0.378 e. The maximum absolute atomic E-state index is 13.3. The molecule has 1 N–H and O–H groups in total. The molecule has 0 unspecified atom stereocenters. The van der Waals surface area contributed by atoms with E-state index in [-0.39, 0.29) is 17.3 Å². The van der Waals surface area contributed by atoms with Crippen LogP contribution in [-0.2, 0) is 19.6 Å². The van der Waals surface area contributed by atoms with E-state index in [1.807, 2.05) is 19.1 Å². The second kappa shape index (κ2) is 10.6. The SMILES string of the molecule is Cc1ccccc1N(CC(=O)NCCCOC1CCCC1)S(=O)(=O)c1ccccc1. The Morgan fingerprint density at radius 1 is 1.07 bits per heavy atom. The minimum absolute atomic E-state index is 0.158. The number of aryl methyl sites for hydroxylation is 1. The molecule has 2 aromatic rings. The summed E-state index contributed by atoms with van der Waals surface area (Å²) in [6.45, 7) is 2.62. The number of para-hydroxylation sites is 1. The zero-order valence-electron chi connectivity index (χ0n) is 17.4. The van der Waals surface area contributed by atoms with Gasteiger partial charge in [-0.15, -0.1) is 0 Å². The highest BCUT2D eigenvalue weighted by molar-refractivity contribution is 7.92. The van der Waals surface area contributed by atoms with Crippen LogP contribution in [0, 0.1) is 6.92 Å². The maximum Gasteiger partial charge on any atom is 0.264 e. The number of anilines is 1. The first kappa shape index (κ1) is 22.3. The van der Waals surface area contributed by atoms with Crippen molar-refractivity contribution in [2.45, 2.75) is 50.0 Å². The molecule has 0 bridgehead atoms. The van der Waals surface area contributed by atoms with Crippen LogP contribution in [0.5, 0.6) is 0 Å². The van der Waals surface area contributed by atoms with E-state index in [2.05, 4.69) is 5.32 Å². The molecule has 0 aliphatic heterocycles. The lowest BCUT2D eigenvalue weighted by Gasteiger charge is -2.25. The van der Waals surface area contributed by atoms with E-state index in [0.29, 0.717) is 31.4 Å². The summed E-state index contributed by atoms with van der Waals surface area (Å²) in [5.41, 5.74) is 1.29. The predicted octanol–water partition coefficient (Wildman–Crippen LogP) is 3.66. The number of rotatable bonds is 10. The Kier molecular flexibility index (Phi) is 7.87. The van der Waals surface area contributed by atoms with Crippen molar-refractivity contribution in [1.29, 1.82) is 0 Å². The van der Waals surface area contributed by atoms with Crippen LogP contribution in [-0.4, -0.2) is 40.1 Å². The van der Waals surface area contributed by atoms with Gasteiger partial charge in [-0.1, -0.05) is 49.2 Å². The number of nitrogens with one attached hydrogen (secondary N) is 1. The molecule has 0 radical (unpaired) electrons. The van der Waals surface area contributed by atoms with Crippen molar-refractivity contribution in [3.8, 4) is 0 Å². The fourth-order valence-electron chi connectivity index (χ4n) is 3.65. The van der Waals surface area contributed by atoms with Gasteiger partial charge in [-0.3, -0.25) is 9.10 Å². The fraction of sp³-hybridized carbons (Fsp3) is 0.435. The summed E-state index contributed by atoms with van der Waals surface area (Å²) in [5.74, 6) is -0.335. The zero-order valence-corrected chi connectivity index (χ0v) is 18.2. The summed E-state index contributed by atoms with van der Waals surface area (Å²) in [7, 11) is -3.87. The molecule has 1 fully saturated rings. The van der Waals surface area contributed by atoms with Gasteiger partial charge in [-0.2, -0.15) is 0 Å². The van der Waals surface area contributed by atoms with Crippen molar-refractivity contribution in [3.63, 3.8) is 0 Å². The standard InChI is InChI=1S/C23H30N2O4S/c1-19-10-5-8-15-22(19)25(30(27,28)21-13-3-2-4-14-21)18-23(26)24-16-9-17-29-20-11-6-7-12-20/h2-5,8,10,13-15,20H,6-7,9,11-12,16-18H2,1H3,(H,24,26). The van der Waals surface area contributed by atoms with Gasteiger partial charge in [0.05, 0.1) is 16.7 Å². The van der Waals surface area contributed by atoms with Gasteiger partial charge in [0.15, 0.2) is 0 Å². The summed E-state index contributed by atoms with van der Waals surface area (Å²) >= 11 is 0. The molecular weight excluding hydrogens is 400 g/mol. The maximum atomic E-state index is 13.3. The smallest absolute Gasteiger partial charge is 0.264 e. The van der Waals surface area contributed by atoms with Crippen molar-refractivity contribution in [1.82, 2.24) is 5.32 Å². The van der Waals surface area contributed by atoms with Crippen molar-refractivity contribution < 1.29 is 17.9 Å². The van der Waals surface area contributed by atoms with Crippen molar-refractivity contribution >= 4 is 21.6 Å². The Balaban J connectivity index is 1.64. The third-order valence-corrected chi connectivity index (χ3v) is 7.08. The van der Waals surface area contributed by atoms with Crippen molar-refractivity contribution in [2.24, 2.45) is 0 Å². The second-order valence-electron chi connectivity index (χ2n) is 7.59. The van der Waals surface area contributed by atoms with Crippen LogP contribution in [0.1, 0.15) is 37.7 Å². The second-order valence-corrected chi connectivity index (χ2v) is 9.45. The number of sulfonamides is 1. The molecule has 2 aromatic carbocycles. The van der Waals surface area contributed by atoms with E-state index < -0.39 is 10.0 Å². The van der Waals surface area contributed by atoms with Gasteiger partial charge < -0.3 is 10.1 Å². The summed E-state index contributed by atoms with van der Waals surface area (Å²) < 4.78 is 33.5. The largest absolute Gasteiger partial charge is 0.378 e. The number of carbonyl (C=O) groups excluding carboxylic acids is 1. The third kappa shape index (κ3) is 5.83. The summed E-state index contributed by atoms with van der Waals surface area (Å²) in [6.07, 6.45) is 5.76. The van der Waals surface area contributed by atoms with Gasteiger partial charge in [0, 0.05) is 13.2 Å². The van der Waals surface area contributed by atoms with Gasteiger partial charge in [0.2, 0.25) is 5.91 Å². The Hall–Kier alpha value is -2.38. The highest BCUT2D eigenvalue weighted by Gasteiger charge is 2.27. The lowest BCUT2D eigenvalue weighted by molar-refractivity contribution is -0.119. The van der Waals surface area contributed by atoms with Crippen LogP contribution in [0.15, 0.2) is 59.5 Å². The first-order valence-electron chi connectivity index (χ1n) is 10.5. The lowest BCUT2D eigenvalue weighted by atomic mass is 10.2. The summed E-state index contributed by atoms with van der Waals surface area (Å²) in [6, 6.07) is 15.4. The van der Waals surface area contributed by atoms with Crippen LogP contribution >= 0.6 is 0 Å². The Bertz CT molecular complexity index is 925. The van der Waals surface area contributed by atoms with Crippen LogP contribution < -0.4 is 9.62 Å². The average molecular weight is 431 g/mol. The van der Waals surface area contributed by atoms with Gasteiger partial charge in [0.1, 0.15) is 6.54 Å². The predicted molar refractivity (Wildman–Crippen MR) is 118 cm³/mol. The minimum atomic E-state index is -3.87. The first-order valence-corrected chi connectivity index (χ1v) is 11.9. The van der Waals surface area contributed by atoms with Gasteiger partial charge in [-0.05, 0) is 49.9 Å². The molecule has 30 heavy (non-hydrogen) atoms. The summed E-state index contributed by atoms with van der Waals surface area (Å²) in [5, 5.41) is 2.83. The van der Waals surface area contributed by atoms with Crippen molar-refractivity contribution in [2.75, 3.05) is 24.0 Å². The number of hydrogen-bond acceptors (Lipinski definition) is 4. The zero-order chi connectivity index (χ0) is 21.4. The molecule has 162 valence electrons. The Morgan fingerprint density at radius 2 is 1.73 bits per heavy atom. The number of amides is 1. The molecule has 0 heterocycles. The third-order valence-electron chi connectivity index (χ3n) is 5.30. The number of hydrogen-bond donors (Lipinski definition) is 1. The molecular formula is C23H30N2O4S. The molecule has 6 nitrogen and oxygen atoms in total. The molecule has 0 spiro atoms. The molecule has 1 aliphatic rings. The quantitative estimate of drug-likeness (QED) is 0.584. The fourth-order valence-corrected chi connectivity index (χ4v) is 5.16.